The highest BCUT2D eigenvalue weighted by atomic mass is 16.6. The van der Waals surface area contributed by atoms with Crippen LogP contribution in [-0.4, -0.2) is 16.1 Å². The van der Waals surface area contributed by atoms with Crippen LogP contribution in [0, 0.1) is 17.0 Å². The van der Waals surface area contributed by atoms with Crippen molar-refractivity contribution in [3.05, 3.63) is 94.0 Å². The summed E-state index contributed by atoms with van der Waals surface area (Å²) in [5.74, 6) is 0.579. The van der Waals surface area contributed by atoms with Gasteiger partial charge in [0.1, 0.15) is 5.52 Å². The van der Waals surface area contributed by atoms with Gasteiger partial charge < -0.3 is 4.42 Å². The van der Waals surface area contributed by atoms with E-state index < -0.39 is 4.92 Å². The molecule has 6 heteroatoms. The molecule has 1 aromatic heterocycles. The third-order valence-corrected chi connectivity index (χ3v) is 4.32. The summed E-state index contributed by atoms with van der Waals surface area (Å²) >= 11 is 0. The first kappa shape index (κ1) is 18.3. The average Bonchev–Trinajstić information content (AvgIpc) is 3.15. The SMILES string of the molecule is Cc1cccc(-c2nc3cc(N=C/C=C/c4cccc([N+](=O)[O-])c4)ccc3o2)c1. The lowest BCUT2D eigenvalue weighted by atomic mass is 10.1. The summed E-state index contributed by atoms with van der Waals surface area (Å²) < 4.78 is 5.85. The Morgan fingerprint density at radius 2 is 1.93 bits per heavy atom. The predicted molar refractivity (Wildman–Crippen MR) is 114 cm³/mol. The van der Waals surface area contributed by atoms with Crippen molar-refractivity contribution in [1.29, 1.82) is 0 Å². The van der Waals surface area contributed by atoms with Gasteiger partial charge in [-0.1, -0.05) is 35.9 Å². The molecule has 29 heavy (non-hydrogen) atoms. The van der Waals surface area contributed by atoms with E-state index in [2.05, 4.69) is 9.98 Å². The number of fused-ring (bicyclic) bond motifs is 1. The molecule has 0 bridgehead atoms. The van der Waals surface area contributed by atoms with E-state index in [1.54, 1.807) is 30.5 Å². The van der Waals surface area contributed by atoms with Crippen LogP contribution in [0.5, 0.6) is 0 Å². The topological polar surface area (TPSA) is 81.5 Å². The summed E-state index contributed by atoms with van der Waals surface area (Å²) in [6.45, 7) is 2.03. The third kappa shape index (κ3) is 4.27. The zero-order valence-electron chi connectivity index (χ0n) is 15.6. The lowest BCUT2D eigenvalue weighted by Gasteiger charge is -1.95. The number of nitro benzene ring substituents is 1. The number of non-ortho nitro benzene ring substituents is 1. The summed E-state index contributed by atoms with van der Waals surface area (Å²) in [7, 11) is 0. The van der Waals surface area contributed by atoms with E-state index in [1.807, 2.05) is 49.4 Å². The van der Waals surface area contributed by atoms with Gasteiger partial charge in [-0.3, -0.25) is 15.1 Å². The summed E-state index contributed by atoms with van der Waals surface area (Å²) in [5.41, 5.74) is 5.05. The van der Waals surface area contributed by atoms with Crippen molar-refractivity contribution in [2.45, 2.75) is 6.92 Å². The molecule has 1 heterocycles. The molecule has 0 N–H and O–H groups in total. The highest BCUT2D eigenvalue weighted by Crippen LogP contribution is 2.27. The van der Waals surface area contributed by atoms with Crippen molar-refractivity contribution in [2.24, 2.45) is 4.99 Å². The van der Waals surface area contributed by atoms with E-state index in [0.717, 1.165) is 27.9 Å². The quantitative estimate of drug-likeness (QED) is 0.236. The number of hydrogen-bond donors (Lipinski definition) is 0. The minimum Gasteiger partial charge on any atom is -0.436 e. The molecule has 0 saturated carbocycles. The van der Waals surface area contributed by atoms with Crippen molar-refractivity contribution in [3.63, 3.8) is 0 Å². The predicted octanol–water partition coefficient (Wildman–Crippen LogP) is 6.13. The minimum atomic E-state index is -0.413. The van der Waals surface area contributed by atoms with E-state index in [9.17, 15) is 10.1 Å². The number of oxazole rings is 1. The Hall–Kier alpha value is -4.06. The summed E-state index contributed by atoms with van der Waals surface area (Å²) in [4.78, 5) is 19.4. The lowest BCUT2D eigenvalue weighted by molar-refractivity contribution is -0.384. The maximum atomic E-state index is 10.8. The van der Waals surface area contributed by atoms with E-state index in [4.69, 9.17) is 4.42 Å². The number of nitro groups is 1. The molecule has 3 aromatic carbocycles. The molecule has 0 radical (unpaired) electrons. The van der Waals surface area contributed by atoms with Crippen LogP contribution in [0.2, 0.25) is 0 Å². The van der Waals surface area contributed by atoms with Crippen LogP contribution in [0.4, 0.5) is 11.4 Å². The molecular formula is C23H17N3O3. The first-order chi connectivity index (χ1) is 14.1. The molecule has 0 spiro atoms. The second kappa shape index (κ2) is 7.90. The number of allylic oxidation sites excluding steroid dienone is 1. The zero-order valence-corrected chi connectivity index (χ0v) is 15.6. The van der Waals surface area contributed by atoms with Gasteiger partial charge in [0.25, 0.3) is 5.69 Å². The van der Waals surface area contributed by atoms with Gasteiger partial charge >= 0.3 is 0 Å². The molecule has 6 nitrogen and oxygen atoms in total. The number of hydrogen-bond acceptors (Lipinski definition) is 5. The zero-order chi connectivity index (χ0) is 20.2. The largest absolute Gasteiger partial charge is 0.436 e. The fourth-order valence-electron chi connectivity index (χ4n) is 2.92. The molecule has 0 aliphatic heterocycles. The first-order valence-corrected chi connectivity index (χ1v) is 9.01. The van der Waals surface area contributed by atoms with E-state index in [1.165, 1.54) is 12.1 Å². The van der Waals surface area contributed by atoms with E-state index in [0.29, 0.717) is 11.5 Å². The fourth-order valence-corrected chi connectivity index (χ4v) is 2.92. The average molecular weight is 383 g/mol. The standard InChI is InChI=1S/C23H17N3O3/c1-16-5-2-8-18(13-16)23-25-21-15-19(10-11-22(21)29-23)24-12-4-7-17-6-3-9-20(14-17)26(27)28/h2-15H,1H3/b7-4+,24-12?. The van der Waals surface area contributed by atoms with Crippen LogP contribution in [0.15, 0.2) is 82.2 Å². The number of aryl methyl sites for hydroxylation is 1. The molecule has 0 amide bonds. The van der Waals surface area contributed by atoms with Crippen molar-refractivity contribution < 1.29 is 9.34 Å². The third-order valence-electron chi connectivity index (χ3n) is 4.32. The van der Waals surface area contributed by atoms with Crippen LogP contribution in [0.3, 0.4) is 0 Å². The second-order valence-corrected chi connectivity index (χ2v) is 6.53. The Bertz CT molecular complexity index is 1260. The number of rotatable bonds is 5. The number of benzene rings is 3. The van der Waals surface area contributed by atoms with E-state index >= 15 is 0 Å². The molecule has 4 rings (SSSR count). The van der Waals surface area contributed by atoms with Gasteiger partial charge in [0.15, 0.2) is 5.58 Å². The minimum absolute atomic E-state index is 0.0602. The van der Waals surface area contributed by atoms with Crippen LogP contribution in [-0.2, 0) is 0 Å². The summed E-state index contributed by atoms with van der Waals surface area (Å²) in [5, 5.41) is 10.8. The monoisotopic (exact) mass is 383 g/mol. The first-order valence-electron chi connectivity index (χ1n) is 9.01. The lowest BCUT2D eigenvalue weighted by Crippen LogP contribution is -1.87. The van der Waals surface area contributed by atoms with Crippen LogP contribution in [0.1, 0.15) is 11.1 Å². The van der Waals surface area contributed by atoms with Crippen LogP contribution < -0.4 is 0 Å². The summed E-state index contributed by atoms with van der Waals surface area (Å²) in [6, 6.07) is 20.0. The Balaban J connectivity index is 1.52. The molecule has 0 aliphatic carbocycles. The Morgan fingerprint density at radius 1 is 1.07 bits per heavy atom. The maximum absolute atomic E-state index is 10.8. The van der Waals surface area contributed by atoms with Gasteiger partial charge in [0.2, 0.25) is 5.89 Å². The van der Waals surface area contributed by atoms with Crippen molar-refractivity contribution in [2.75, 3.05) is 0 Å². The van der Waals surface area contributed by atoms with Crippen molar-refractivity contribution in [3.8, 4) is 11.5 Å². The molecule has 0 unspecified atom stereocenters. The van der Waals surface area contributed by atoms with Gasteiger partial charge in [0, 0.05) is 23.9 Å². The van der Waals surface area contributed by atoms with Gasteiger partial charge in [-0.25, -0.2) is 4.98 Å². The van der Waals surface area contributed by atoms with Crippen molar-refractivity contribution >= 4 is 34.8 Å². The Labute approximate surface area is 167 Å². The van der Waals surface area contributed by atoms with Crippen LogP contribution in [0.25, 0.3) is 28.6 Å². The molecule has 142 valence electrons. The van der Waals surface area contributed by atoms with Gasteiger partial charge in [-0.05, 0) is 48.9 Å². The summed E-state index contributed by atoms with van der Waals surface area (Å²) in [6.07, 6.45) is 5.15. The highest BCUT2D eigenvalue weighted by molar-refractivity contribution is 5.84. The smallest absolute Gasteiger partial charge is 0.270 e. The van der Waals surface area contributed by atoms with Crippen LogP contribution >= 0.6 is 0 Å². The number of nitrogens with zero attached hydrogens (tertiary/aromatic N) is 3. The highest BCUT2D eigenvalue weighted by Gasteiger charge is 2.08. The Kier molecular flexibility index (Phi) is 4.99. The van der Waals surface area contributed by atoms with Gasteiger partial charge in [-0.15, -0.1) is 0 Å². The Morgan fingerprint density at radius 3 is 2.76 bits per heavy atom. The number of aliphatic imine (C=N–C) groups is 1. The molecule has 0 atom stereocenters. The normalized spacial score (nSPS) is 11.6. The van der Waals surface area contributed by atoms with E-state index in [-0.39, 0.29) is 5.69 Å². The second-order valence-electron chi connectivity index (χ2n) is 6.53. The van der Waals surface area contributed by atoms with Gasteiger partial charge in [-0.2, -0.15) is 0 Å². The molecule has 4 aromatic rings. The molecule has 0 fully saturated rings. The van der Waals surface area contributed by atoms with Crippen molar-refractivity contribution in [1.82, 2.24) is 4.98 Å². The maximum Gasteiger partial charge on any atom is 0.270 e. The number of aromatic nitrogens is 1. The molecule has 0 saturated heterocycles. The van der Waals surface area contributed by atoms with Gasteiger partial charge in [0.05, 0.1) is 10.6 Å². The molecule has 0 aliphatic rings. The molecular weight excluding hydrogens is 366 g/mol. The fraction of sp³-hybridized carbons (Fsp3) is 0.0435.